The zero-order valence-electron chi connectivity index (χ0n) is 13.2. The first-order valence-corrected chi connectivity index (χ1v) is 8.56. The summed E-state index contributed by atoms with van der Waals surface area (Å²) in [6, 6.07) is 22.0. The molecule has 0 bridgehead atoms. The van der Waals surface area contributed by atoms with E-state index in [0.29, 0.717) is 0 Å². The summed E-state index contributed by atoms with van der Waals surface area (Å²) < 4.78 is 2.82. The molecule has 0 saturated carbocycles. The standard InChI is InChI=1S/C20H17BrN2O/c21-18-7-4-8-19(14-18)22-20(24)15-23-11-9-17(10-12-23)13-16-5-2-1-3-6-16/h1-12,14H,13,15H2/p+1. The number of rotatable bonds is 5. The van der Waals surface area contributed by atoms with E-state index in [1.807, 2.05) is 59.4 Å². The molecule has 1 aromatic heterocycles. The summed E-state index contributed by atoms with van der Waals surface area (Å²) in [6.07, 6.45) is 4.78. The van der Waals surface area contributed by atoms with Crippen molar-refractivity contribution < 1.29 is 9.36 Å². The summed E-state index contributed by atoms with van der Waals surface area (Å²) >= 11 is 3.40. The third-order valence-corrected chi connectivity index (χ3v) is 4.14. The topological polar surface area (TPSA) is 33.0 Å². The Hall–Kier alpha value is -2.46. The van der Waals surface area contributed by atoms with Gasteiger partial charge < -0.3 is 5.32 Å². The Morgan fingerprint density at radius 3 is 2.33 bits per heavy atom. The highest BCUT2D eigenvalue weighted by Crippen LogP contribution is 2.15. The summed E-state index contributed by atoms with van der Waals surface area (Å²) in [5, 5.41) is 2.90. The number of hydrogen-bond acceptors (Lipinski definition) is 1. The fourth-order valence-electron chi connectivity index (χ4n) is 2.48. The van der Waals surface area contributed by atoms with Crippen LogP contribution in [0.5, 0.6) is 0 Å². The summed E-state index contributed by atoms with van der Waals surface area (Å²) in [5.74, 6) is -0.0473. The van der Waals surface area contributed by atoms with Crippen molar-refractivity contribution >= 4 is 27.5 Å². The maximum atomic E-state index is 12.1. The van der Waals surface area contributed by atoms with Crippen LogP contribution in [-0.2, 0) is 17.8 Å². The number of amides is 1. The highest BCUT2D eigenvalue weighted by Gasteiger charge is 2.10. The van der Waals surface area contributed by atoms with E-state index in [0.717, 1.165) is 16.6 Å². The second kappa shape index (κ2) is 7.88. The maximum absolute atomic E-state index is 12.1. The zero-order valence-corrected chi connectivity index (χ0v) is 14.7. The number of carbonyl (C=O) groups is 1. The number of benzene rings is 2. The van der Waals surface area contributed by atoms with Crippen LogP contribution >= 0.6 is 15.9 Å². The van der Waals surface area contributed by atoms with Crippen LogP contribution in [0.25, 0.3) is 0 Å². The Bertz CT molecular complexity index is 817. The second-order valence-electron chi connectivity index (χ2n) is 5.60. The summed E-state index contributed by atoms with van der Waals surface area (Å²) in [6.45, 7) is 0.290. The van der Waals surface area contributed by atoms with Crippen LogP contribution in [0.2, 0.25) is 0 Å². The molecule has 0 atom stereocenters. The van der Waals surface area contributed by atoms with Gasteiger partial charge in [0.25, 0.3) is 5.91 Å². The number of anilines is 1. The Morgan fingerprint density at radius 1 is 0.917 bits per heavy atom. The monoisotopic (exact) mass is 381 g/mol. The van der Waals surface area contributed by atoms with Crippen LogP contribution in [0.3, 0.4) is 0 Å². The predicted molar refractivity (Wildman–Crippen MR) is 98.7 cm³/mol. The molecule has 1 amide bonds. The average Bonchev–Trinajstić information content (AvgIpc) is 2.57. The van der Waals surface area contributed by atoms with Crippen LogP contribution in [0, 0.1) is 0 Å². The number of halogens is 1. The lowest BCUT2D eigenvalue weighted by Gasteiger charge is -2.04. The molecule has 0 fully saturated rings. The predicted octanol–water partition coefficient (Wildman–Crippen LogP) is 3.97. The van der Waals surface area contributed by atoms with Crippen LogP contribution in [0.15, 0.2) is 83.6 Å². The Labute approximate surface area is 150 Å². The number of hydrogen-bond donors (Lipinski definition) is 1. The molecule has 0 saturated heterocycles. The molecule has 24 heavy (non-hydrogen) atoms. The van der Waals surface area contributed by atoms with Crippen molar-refractivity contribution in [1.82, 2.24) is 0 Å². The van der Waals surface area contributed by atoms with Gasteiger partial charge in [0.2, 0.25) is 6.54 Å². The van der Waals surface area contributed by atoms with E-state index in [2.05, 4.69) is 45.5 Å². The summed E-state index contributed by atoms with van der Waals surface area (Å²) in [7, 11) is 0. The molecule has 0 aliphatic carbocycles. The quantitative estimate of drug-likeness (QED) is 0.666. The van der Waals surface area contributed by atoms with Crippen LogP contribution in [0.4, 0.5) is 5.69 Å². The van der Waals surface area contributed by atoms with Crippen molar-refractivity contribution in [3.63, 3.8) is 0 Å². The van der Waals surface area contributed by atoms with Gasteiger partial charge in [-0.05, 0) is 35.7 Å². The van der Waals surface area contributed by atoms with Crippen LogP contribution in [0.1, 0.15) is 11.1 Å². The molecule has 3 aromatic rings. The van der Waals surface area contributed by atoms with E-state index in [9.17, 15) is 4.79 Å². The molecular formula is C20H18BrN2O+. The van der Waals surface area contributed by atoms with Gasteiger partial charge in [0.1, 0.15) is 0 Å². The van der Waals surface area contributed by atoms with Crippen LogP contribution in [-0.4, -0.2) is 5.91 Å². The molecule has 2 aromatic carbocycles. The van der Waals surface area contributed by atoms with Gasteiger partial charge in [0.05, 0.1) is 0 Å². The van der Waals surface area contributed by atoms with Gasteiger partial charge in [-0.1, -0.05) is 52.3 Å². The lowest BCUT2D eigenvalue weighted by atomic mass is 10.1. The summed E-state index contributed by atoms with van der Waals surface area (Å²) in [5.41, 5.74) is 3.29. The normalized spacial score (nSPS) is 10.4. The van der Waals surface area contributed by atoms with Gasteiger partial charge in [0.15, 0.2) is 12.4 Å². The van der Waals surface area contributed by atoms with Crippen molar-refractivity contribution in [2.75, 3.05) is 5.32 Å². The molecule has 0 aliphatic heterocycles. The zero-order chi connectivity index (χ0) is 16.8. The lowest BCUT2D eigenvalue weighted by Crippen LogP contribution is -2.39. The molecule has 1 heterocycles. The summed E-state index contributed by atoms with van der Waals surface area (Å²) in [4.78, 5) is 12.1. The van der Waals surface area contributed by atoms with Gasteiger partial charge in [-0.2, -0.15) is 4.57 Å². The van der Waals surface area contributed by atoms with Gasteiger partial charge >= 0.3 is 0 Å². The third kappa shape index (κ3) is 4.77. The second-order valence-corrected chi connectivity index (χ2v) is 6.52. The van der Waals surface area contributed by atoms with Crippen molar-refractivity contribution in [2.24, 2.45) is 0 Å². The lowest BCUT2D eigenvalue weighted by molar-refractivity contribution is -0.684. The molecule has 3 rings (SSSR count). The Morgan fingerprint density at radius 2 is 1.62 bits per heavy atom. The molecule has 4 heteroatoms. The largest absolute Gasteiger partial charge is 0.321 e. The number of pyridine rings is 1. The highest BCUT2D eigenvalue weighted by atomic mass is 79.9. The van der Waals surface area contributed by atoms with Gasteiger partial charge in [-0.3, -0.25) is 4.79 Å². The van der Waals surface area contributed by atoms with Crippen molar-refractivity contribution in [2.45, 2.75) is 13.0 Å². The SMILES string of the molecule is O=C(C[n+]1ccc(Cc2ccccc2)cc1)Nc1cccc(Br)c1. The first-order valence-electron chi connectivity index (χ1n) is 7.76. The molecule has 1 N–H and O–H groups in total. The van der Waals surface area contributed by atoms with Crippen molar-refractivity contribution in [3.8, 4) is 0 Å². The van der Waals surface area contributed by atoms with E-state index in [1.165, 1.54) is 11.1 Å². The smallest absolute Gasteiger partial charge is 0.290 e. The van der Waals surface area contributed by atoms with Crippen molar-refractivity contribution in [1.29, 1.82) is 0 Å². The maximum Gasteiger partial charge on any atom is 0.290 e. The van der Waals surface area contributed by atoms with Gasteiger partial charge in [-0.15, -0.1) is 0 Å². The third-order valence-electron chi connectivity index (χ3n) is 3.65. The fraction of sp³-hybridized carbons (Fsp3) is 0.100. The van der Waals surface area contributed by atoms with Crippen molar-refractivity contribution in [3.05, 3.63) is 94.7 Å². The number of nitrogens with one attached hydrogen (secondary N) is 1. The Kier molecular flexibility index (Phi) is 5.39. The minimum Gasteiger partial charge on any atom is -0.321 e. The minimum atomic E-state index is -0.0473. The van der Waals surface area contributed by atoms with E-state index in [-0.39, 0.29) is 12.5 Å². The number of aromatic nitrogens is 1. The minimum absolute atomic E-state index is 0.0473. The molecule has 3 nitrogen and oxygen atoms in total. The molecule has 0 unspecified atom stereocenters. The molecular weight excluding hydrogens is 364 g/mol. The van der Waals surface area contributed by atoms with E-state index < -0.39 is 0 Å². The highest BCUT2D eigenvalue weighted by molar-refractivity contribution is 9.10. The number of carbonyl (C=O) groups excluding carboxylic acids is 1. The van der Waals surface area contributed by atoms with E-state index in [4.69, 9.17) is 0 Å². The fourth-order valence-corrected chi connectivity index (χ4v) is 2.87. The first kappa shape index (κ1) is 16.4. The van der Waals surface area contributed by atoms with E-state index >= 15 is 0 Å². The Balaban J connectivity index is 1.58. The molecule has 0 radical (unpaired) electrons. The number of nitrogens with zero attached hydrogens (tertiary/aromatic N) is 1. The first-order chi connectivity index (χ1) is 11.7. The molecule has 0 aliphatic rings. The van der Waals surface area contributed by atoms with Gasteiger partial charge in [0, 0.05) is 22.3 Å². The molecule has 0 spiro atoms. The average molecular weight is 382 g/mol. The van der Waals surface area contributed by atoms with Crippen LogP contribution < -0.4 is 9.88 Å². The van der Waals surface area contributed by atoms with Gasteiger partial charge in [-0.25, -0.2) is 0 Å². The molecule has 120 valence electrons. The van der Waals surface area contributed by atoms with E-state index in [1.54, 1.807) is 0 Å².